The van der Waals surface area contributed by atoms with Gasteiger partial charge in [0.25, 0.3) is 0 Å². The quantitative estimate of drug-likeness (QED) is 0.422. The highest BCUT2D eigenvalue weighted by molar-refractivity contribution is 5.96. The molecule has 0 aliphatic heterocycles. The second-order valence-electron chi connectivity index (χ2n) is 4.04. The molecule has 20 heavy (non-hydrogen) atoms. The predicted molar refractivity (Wildman–Crippen MR) is 73.1 cm³/mol. The Hall–Kier alpha value is -2.08. The van der Waals surface area contributed by atoms with Crippen molar-refractivity contribution in [1.82, 2.24) is 5.32 Å². The number of ether oxygens (including phenoxy) is 2. The molecular weight excluding hydrogens is 262 g/mol. The number of phenols is 1. The van der Waals surface area contributed by atoms with E-state index in [9.17, 15) is 14.7 Å². The zero-order valence-corrected chi connectivity index (χ0v) is 11.6. The van der Waals surface area contributed by atoms with Crippen LogP contribution in [0.4, 0.5) is 0 Å². The Kier molecular flexibility index (Phi) is 6.52. The summed E-state index contributed by atoms with van der Waals surface area (Å²) < 4.78 is 9.69. The number of esters is 1. The lowest BCUT2D eigenvalue weighted by Gasteiger charge is -2.07. The fourth-order valence-electron chi connectivity index (χ4n) is 1.60. The summed E-state index contributed by atoms with van der Waals surface area (Å²) in [5.41, 5.74) is 0.456. The molecule has 110 valence electrons. The summed E-state index contributed by atoms with van der Waals surface area (Å²) in [7, 11) is 1.42. The van der Waals surface area contributed by atoms with Crippen LogP contribution in [0, 0.1) is 0 Å². The second kappa shape index (κ2) is 8.16. The Morgan fingerprint density at radius 3 is 2.75 bits per heavy atom. The highest BCUT2D eigenvalue weighted by Gasteiger charge is 2.10. The molecule has 0 amide bonds. The van der Waals surface area contributed by atoms with Crippen LogP contribution in [0.5, 0.6) is 11.5 Å². The molecule has 0 atom stereocenters. The third-order valence-electron chi connectivity index (χ3n) is 2.61. The van der Waals surface area contributed by atoms with Crippen molar-refractivity contribution in [3.8, 4) is 11.5 Å². The van der Waals surface area contributed by atoms with Gasteiger partial charge in [0, 0.05) is 18.5 Å². The fourth-order valence-corrected chi connectivity index (χ4v) is 1.60. The molecule has 1 rings (SSSR count). The minimum atomic E-state index is -0.341. The van der Waals surface area contributed by atoms with Crippen LogP contribution in [0.25, 0.3) is 0 Å². The molecule has 0 saturated heterocycles. The van der Waals surface area contributed by atoms with E-state index in [4.69, 9.17) is 9.47 Å². The maximum Gasteiger partial charge on any atom is 0.319 e. The van der Waals surface area contributed by atoms with Crippen molar-refractivity contribution < 1.29 is 24.2 Å². The molecule has 0 bridgehead atoms. The molecule has 0 aliphatic rings. The third-order valence-corrected chi connectivity index (χ3v) is 2.61. The average molecular weight is 281 g/mol. The summed E-state index contributed by atoms with van der Waals surface area (Å²) in [6.07, 6.45) is 0.243. The summed E-state index contributed by atoms with van der Waals surface area (Å²) >= 11 is 0. The SMILES string of the molecule is CCOC(=O)CNCCC(=O)c1ccc(O)c(OC)c1. The van der Waals surface area contributed by atoms with E-state index in [2.05, 4.69) is 5.32 Å². The number of hydrogen-bond acceptors (Lipinski definition) is 6. The minimum Gasteiger partial charge on any atom is -0.504 e. The first-order valence-corrected chi connectivity index (χ1v) is 6.35. The first-order chi connectivity index (χ1) is 9.58. The van der Waals surface area contributed by atoms with Crippen LogP contribution in [0.2, 0.25) is 0 Å². The van der Waals surface area contributed by atoms with E-state index in [1.807, 2.05) is 0 Å². The Morgan fingerprint density at radius 2 is 2.10 bits per heavy atom. The van der Waals surface area contributed by atoms with Crippen LogP contribution in [0.1, 0.15) is 23.7 Å². The average Bonchev–Trinajstić information content (AvgIpc) is 2.44. The van der Waals surface area contributed by atoms with E-state index in [1.54, 1.807) is 6.92 Å². The smallest absolute Gasteiger partial charge is 0.319 e. The van der Waals surface area contributed by atoms with Crippen LogP contribution in [0.15, 0.2) is 18.2 Å². The van der Waals surface area contributed by atoms with Gasteiger partial charge in [0.05, 0.1) is 20.3 Å². The maximum atomic E-state index is 11.9. The highest BCUT2D eigenvalue weighted by Crippen LogP contribution is 2.26. The number of methoxy groups -OCH3 is 1. The number of carbonyl (C=O) groups excluding carboxylic acids is 2. The van der Waals surface area contributed by atoms with Gasteiger partial charge in [-0.1, -0.05) is 0 Å². The number of nitrogens with one attached hydrogen (secondary N) is 1. The lowest BCUT2D eigenvalue weighted by molar-refractivity contribution is -0.141. The monoisotopic (exact) mass is 281 g/mol. The maximum absolute atomic E-state index is 11.9. The van der Waals surface area contributed by atoms with Gasteiger partial charge in [0.2, 0.25) is 0 Å². The van der Waals surface area contributed by atoms with Crippen LogP contribution in [0.3, 0.4) is 0 Å². The molecule has 6 heteroatoms. The number of hydrogen-bond donors (Lipinski definition) is 2. The minimum absolute atomic E-state index is 0.00974. The Balaban J connectivity index is 2.41. The van der Waals surface area contributed by atoms with Gasteiger partial charge in [-0.2, -0.15) is 0 Å². The van der Waals surface area contributed by atoms with E-state index < -0.39 is 0 Å². The molecule has 0 fully saturated rings. The summed E-state index contributed by atoms with van der Waals surface area (Å²) in [4.78, 5) is 23.0. The lowest BCUT2D eigenvalue weighted by Crippen LogP contribution is -2.26. The zero-order chi connectivity index (χ0) is 15.0. The number of benzene rings is 1. The molecule has 0 aliphatic carbocycles. The molecule has 1 aromatic carbocycles. The fraction of sp³-hybridized carbons (Fsp3) is 0.429. The van der Waals surface area contributed by atoms with Gasteiger partial charge in [-0.05, 0) is 25.1 Å². The van der Waals surface area contributed by atoms with Crippen molar-refractivity contribution in [3.63, 3.8) is 0 Å². The summed E-state index contributed by atoms with van der Waals surface area (Å²) in [6, 6.07) is 4.44. The number of Topliss-reactive ketones (excluding diaryl/α,β-unsaturated/α-hetero) is 1. The first kappa shape index (κ1) is 16.0. The topological polar surface area (TPSA) is 84.9 Å². The van der Waals surface area contributed by atoms with E-state index in [0.717, 1.165) is 0 Å². The predicted octanol–water partition coefficient (Wildman–Crippen LogP) is 1.13. The lowest BCUT2D eigenvalue weighted by atomic mass is 10.1. The van der Waals surface area contributed by atoms with Crippen molar-refractivity contribution >= 4 is 11.8 Å². The molecular formula is C14H19NO5. The first-order valence-electron chi connectivity index (χ1n) is 6.35. The van der Waals surface area contributed by atoms with E-state index in [-0.39, 0.29) is 36.2 Å². The highest BCUT2D eigenvalue weighted by atomic mass is 16.5. The number of carbonyl (C=O) groups is 2. The summed E-state index contributed by atoms with van der Waals surface area (Å²) in [5.74, 6) is -0.189. The molecule has 2 N–H and O–H groups in total. The van der Waals surface area contributed by atoms with Gasteiger partial charge in [0.1, 0.15) is 0 Å². The second-order valence-corrected chi connectivity index (χ2v) is 4.04. The van der Waals surface area contributed by atoms with Gasteiger partial charge in [-0.3, -0.25) is 9.59 Å². The molecule has 0 radical (unpaired) electrons. The Labute approximate surface area is 117 Å². The standard InChI is InChI=1S/C14H19NO5/c1-3-20-14(18)9-15-7-6-11(16)10-4-5-12(17)13(8-10)19-2/h4-5,8,15,17H,3,6-7,9H2,1-2H3. The van der Waals surface area contributed by atoms with Gasteiger partial charge in [-0.25, -0.2) is 0 Å². The van der Waals surface area contributed by atoms with E-state index >= 15 is 0 Å². The van der Waals surface area contributed by atoms with E-state index in [0.29, 0.717) is 18.7 Å². The molecule has 0 saturated carbocycles. The summed E-state index contributed by atoms with van der Waals surface area (Å²) in [5, 5.41) is 12.3. The van der Waals surface area contributed by atoms with Crippen molar-refractivity contribution in [3.05, 3.63) is 23.8 Å². The van der Waals surface area contributed by atoms with Crippen molar-refractivity contribution in [2.75, 3.05) is 26.8 Å². The van der Waals surface area contributed by atoms with Gasteiger partial charge >= 0.3 is 5.97 Å². The van der Waals surface area contributed by atoms with Crippen LogP contribution in [-0.2, 0) is 9.53 Å². The number of aromatic hydroxyl groups is 1. The molecule has 0 heterocycles. The van der Waals surface area contributed by atoms with Gasteiger partial charge in [-0.15, -0.1) is 0 Å². The molecule has 0 unspecified atom stereocenters. The van der Waals surface area contributed by atoms with Gasteiger partial charge in [0.15, 0.2) is 17.3 Å². The molecule has 1 aromatic rings. The van der Waals surface area contributed by atoms with Crippen molar-refractivity contribution in [2.45, 2.75) is 13.3 Å². The van der Waals surface area contributed by atoms with Crippen molar-refractivity contribution in [2.24, 2.45) is 0 Å². The van der Waals surface area contributed by atoms with Crippen LogP contribution < -0.4 is 10.1 Å². The number of rotatable bonds is 8. The molecule has 0 aromatic heterocycles. The van der Waals surface area contributed by atoms with E-state index in [1.165, 1.54) is 25.3 Å². The summed E-state index contributed by atoms with van der Waals surface area (Å²) in [6.45, 7) is 2.53. The normalized spacial score (nSPS) is 10.1. The molecule has 6 nitrogen and oxygen atoms in total. The van der Waals surface area contributed by atoms with Crippen molar-refractivity contribution in [1.29, 1.82) is 0 Å². The Bertz CT molecular complexity index is 473. The number of ketones is 1. The molecule has 0 spiro atoms. The Morgan fingerprint density at radius 1 is 1.35 bits per heavy atom. The number of phenolic OH excluding ortho intramolecular Hbond substituents is 1. The zero-order valence-electron chi connectivity index (χ0n) is 11.6. The third kappa shape index (κ3) is 4.89. The van der Waals surface area contributed by atoms with Crippen LogP contribution in [-0.4, -0.2) is 43.7 Å². The van der Waals surface area contributed by atoms with Gasteiger partial charge < -0.3 is 19.9 Å². The largest absolute Gasteiger partial charge is 0.504 e. The van der Waals surface area contributed by atoms with Crippen LogP contribution >= 0.6 is 0 Å².